The summed E-state index contributed by atoms with van der Waals surface area (Å²) < 4.78 is 6.43. The number of thiazole rings is 1. The molecule has 0 saturated carbocycles. The van der Waals surface area contributed by atoms with Crippen molar-refractivity contribution in [3.8, 4) is 5.75 Å². The van der Waals surface area contributed by atoms with Gasteiger partial charge in [-0.3, -0.25) is 10.1 Å². The Balaban J connectivity index is 1.49. The van der Waals surface area contributed by atoms with Crippen molar-refractivity contribution in [1.29, 1.82) is 0 Å². The van der Waals surface area contributed by atoms with Gasteiger partial charge in [0.25, 0.3) is 5.91 Å². The average Bonchev–Trinajstić information content (AvgIpc) is 3.04. The lowest BCUT2D eigenvalue weighted by Gasteiger charge is -2.20. The molecule has 3 rings (SSSR count). The first-order valence-corrected chi connectivity index (χ1v) is 9.16. The summed E-state index contributed by atoms with van der Waals surface area (Å²) in [4.78, 5) is 17.5. The van der Waals surface area contributed by atoms with Crippen LogP contribution in [0, 0.1) is 0 Å². The molecule has 1 saturated heterocycles. The Hall–Kier alpha value is -1.44. The van der Waals surface area contributed by atoms with Gasteiger partial charge in [-0.25, -0.2) is 4.98 Å². The van der Waals surface area contributed by atoms with Gasteiger partial charge in [-0.05, 0) is 56.1 Å². The summed E-state index contributed by atoms with van der Waals surface area (Å²) in [7, 11) is 0. The first-order valence-electron chi connectivity index (χ1n) is 7.55. The molecule has 1 fully saturated rings. The number of aromatic nitrogens is 1. The maximum Gasteiger partial charge on any atom is 0.264 e. The number of hydrogen-bond acceptors (Lipinski definition) is 5. The molecule has 0 spiro atoms. The molecule has 1 aromatic carbocycles. The second kappa shape index (κ2) is 7.90. The number of ether oxygens (including phenoxy) is 1. The molecular formula is C16H18BrN3O2S. The maximum atomic E-state index is 11.9. The fourth-order valence-corrected chi connectivity index (χ4v) is 3.74. The van der Waals surface area contributed by atoms with Crippen molar-refractivity contribution >= 4 is 38.3 Å². The highest BCUT2D eigenvalue weighted by atomic mass is 79.9. The van der Waals surface area contributed by atoms with E-state index in [2.05, 4.69) is 31.5 Å². The fourth-order valence-electron chi connectivity index (χ4n) is 2.47. The maximum absolute atomic E-state index is 11.9. The summed E-state index contributed by atoms with van der Waals surface area (Å²) in [6.07, 6.45) is 4.14. The van der Waals surface area contributed by atoms with Crippen LogP contribution in [0.25, 0.3) is 0 Å². The van der Waals surface area contributed by atoms with Gasteiger partial charge in [0.15, 0.2) is 11.7 Å². The van der Waals surface area contributed by atoms with E-state index in [4.69, 9.17) is 4.74 Å². The number of anilines is 1. The first-order chi connectivity index (χ1) is 11.2. The van der Waals surface area contributed by atoms with Crippen LogP contribution in [0.1, 0.15) is 23.6 Å². The van der Waals surface area contributed by atoms with Crippen molar-refractivity contribution in [3.63, 3.8) is 0 Å². The number of carbonyl (C=O) groups excluding carboxylic acids is 1. The predicted molar refractivity (Wildman–Crippen MR) is 95.2 cm³/mol. The number of halogens is 1. The van der Waals surface area contributed by atoms with Crippen molar-refractivity contribution in [3.05, 3.63) is 39.8 Å². The minimum Gasteiger partial charge on any atom is -0.484 e. The number of hydrogen-bond donors (Lipinski definition) is 2. The zero-order chi connectivity index (χ0) is 16.1. The summed E-state index contributed by atoms with van der Waals surface area (Å²) in [5.41, 5.74) is 0. The van der Waals surface area contributed by atoms with Gasteiger partial charge in [-0.15, -0.1) is 11.3 Å². The Kier molecular flexibility index (Phi) is 5.64. The third kappa shape index (κ3) is 4.76. The lowest BCUT2D eigenvalue weighted by Crippen LogP contribution is -2.26. The highest BCUT2D eigenvalue weighted by Crippen LogP contribution is 2.31. The molecule has 1 aliphatic heterocycles. The van der Waals surface area contributed by atoms with Crippen LogP contribution < -0.4 is 15.4 Å². The topological polar surface area (TPSA) is 63.2 Å². The van der Waals surface area contributed by atoms with E-state index in [1.165, 1.54) is 4.88 Å². The highest BCUT2D eigenvalue weighted by molar-refractivity contribution is 9.10. The van der Waals surface area contributed by atoms with E-state index in [0.717, 1.165) is 30.4 Å². The van der Waals surface area contributed by atoms with Crippen molar-refractivity contribution in [2.45, 2.75) is 18.8 Å². The van der Waals surface area contributed by atoms with Crippen LogP contribution in [0.5, 0.6) is 5.75 Å². The van der Waals surface area contributed by atoms with E-state index in [9.17, 15) is 4.79 Å². The average molecular weight is 396 g/mol. The summed E-state index contributed by atoms with van der Waals surface area (Å²) in [6, 6.07) is 7.38. The van der Waals surface area contributed by atoms with Gasteiger partial charge in [0.05, 0.1) is 0 Å². The number of benzene rings is 1. The van der Waals surface area contributed by atoms with Crippen molar-refractivity contribution < 1.29 is 9.53 Å². The van der Waals surface area contributed by atoms with Crippen LogP contribution in [0.2, 0.25) is 0 Å². The summed E-state index contributed by atoms with van der Waals surface area (Å²) in [5, 5.41) is 6.80. The van der Waals surface area contributed by atoms with E-state index in [1.54, 1.807) is 11.3 Å². The molecule has 1 aromatic heterocycles. The molecule has 2 N–H and O–H groups in total. The molecule has 1 amide bonds. The van der Waals surface area contributed by atoms with E-state index in [-0.39, 0.29) is 12.5 Å². The predicted octanol–water partition coefficient (Wildman–Crippen LogP) is 3.39. The minimum atomic E-state index is -0.195. The second-order valence-electron chi connectivity index (χ2n) is 5.38. The summed E-state index contributed by atoms with van der Waals surface area (Å²) >= 11 is 4.92. The molecule has 2 aromatic rings. The summed E-state index contributed by atoms with van der Waals surface area (Å²) in [5.74, 6) is 1.02. The highest BCUT2D eigenvalue weighted by Gasteiger charge is 2.18. The molecule has 1 aliphatic rings. The largest absolute Gasteiger partial charge is 0.484 e. The Morgan fingerprint density at radius 2 is 2.09 bits per heavy atom. The van der Waals surface area contributed by atoms with Crippen LogP contribution in [0.15, 0.2) is 34.9 Å². The van der Waals surface area contributed by atoms with Gasteiger partial charge in [-0.1, -0.05) is 15.9 Å². The zero-order valence-electron chi connectivity index (χ0n) is 12.5. The van der Waals surface area contributed by atoms with E-state index >= 15 is 0 Å². The van der Waals surface area contributed by atoms with E-state index in [0.29, 0.717) is 16.8 Å². The van der Waals surface area contributed by atoms with Crippen LogP contribution >= 0.6 is 27.3 Å². The second-order valence-corrected chi connectivity index (χ2v) is 7.36. The molecule has 0 aliphatic carbocycles. The number of carbonyl (C=O) groups is 1. The molecule has 2 heterocycles. The Morgan fingerprint density at radius 3 is 2.83 bits per heavy atom. The Bertz CT molecular complexity index is 654. The van der Waals surface area contributed by atoms with E-state index in [1.807, 2.05) is 30.5 Å². The molecule has 23 heavy (non-hydrogen) atoms. The minimum absolute atomic E-state index is 0.0239. The first kappa shape index (κ1) is 16.4. The molecule has 0 unspecified atom stereocenters. The normalized spacial score (nSPS) is 15.3. The number of piperidine rings is 1. The molecule has 0 atom stereocenters. The van der Waals surface area contributed by atoms with Crippen LogP contribution in [-0.2, 0) is 4.79 Å². The SMILES string of the molecule is O=C(COc1ccc(Br)cc1)Nc1ncc(C2CCNCC2)s1. The molecule has 122 valence electrons. The Morgan fingerprint density at radius 1 is 1.35 bits per heavy atom. The van der Waals surface area contributed by atoms with Crippen LogP contribution in [0.4, 0.5) is 5.13 Å². The van der Waals surface area contributed by atoms with Crippen LogP contribution in [0.3, 0.4) is 0 Å². The monoisotopic (exact) mass is 395 g/mol. The van der Waals surface area contributed by atoms with Gasteiger partial charge in [0.2, 0.25) is 0 Å². The zero-order valence-corrected chi connectivity index (χ0v) is 15.0. The Labute approximate surface area is 147 Å². The third-order valence-corrected chi connectivity index (χ3v) is 5.30. The van der Waals surface area contributed by atoms with Crippen LogP contribution in [-0.4, -0.2) is 30.6 Å². The van der Waals surface area contributed by atoms with Gasteiger partial charge >= 0.3 is 0 Å². The lowest BCUT2D eigenvalue weighted by atomic mass is 9.97. The molecule has 7 heteroatoms. The number of nitrogens with one attached hydrogen (secondary N) is 2. The lowest BCUT2D eigenvalue weighted by molar-refractivity contribution is -0.118. The molecule has 5 nitrogen and oxygen atoms in total. The third-order valence-electron chi connectivity index (χ3n) is 3.70. The van der Waals surface area contributed by atoms with Gasteiger partial charge in [0, 0.05) is 15.5 Å². The number of nitrogens with zero attached hydrogens (tertiary/aromatic N) is 1. The van der Waals surface area contributed by atoms with Gasteiger partial charge < -0.3 is 10.1 Å². The van der Waals surface area contributed by atoms with Crippen molar-refractivity contribution in [2.75, 3.05) is 25.0 Å². The van der Waals surface area contributed by atoms with Crippen molar-refractivity contribution in [2.24, 2.45) is 0 Å². The number of rotatable bonds is 5. The summed E-state index contributed by atoms with van der Waals surface area (Å²) in [6.45, 7) is 2.07. The fraction of sp³-hybridized carbons (Fsp3) is 0.375. The number of amides is 1. The quantitative estimate of drug-likeness (QED) is 0.814. The molecule has 0 bridgehead atoms. The smallest absolute Gasteiger partial charge is 0.264 e. The molecule has 0 radical (unpaired) electrons. The van der Waals surface area contributed by atoms with Gasteiger partial charge in [-0.2, -0.15) is 0 Å². The standard InChI is InChI=1S/C16H18BrN3O2S/c17-12-1-3-13(4-2-12)22-10-15(21)20-16-19-9-14(23-16)11-5-7-18-8-6-11/h1-4,9,11,18H,5-8,10H2,(H,19,20,21). The van der Waals surface area contributed by atoms with Crippen molar-refractivity contribution in [1.82, 2.24) is 10.3 Å². The van der Waals surface area contributed by atoms with E-state index < -0.39 is 0 Å². The van der Waals surface area contributed by atoms with Gasteiger partial charge in [0.1, 0.15) is 5.75 Å². The molecular weight excluding hydrogens is 378 g/mol.